The van der Waals surface area contributed by atoms with Crippen LogP contribution in [0, 0.1) is 11.3 Å². The zero-order valence-corrected chi connectivity index (χ0v) is 12.3. The highest BCUT2D eigenvalue weighted by atomic mass is 35.5. The first-order valence-corrected chi connectivity index (χ1v) is 7.36. The van der Waals surface area contributed by atoms with Crippen LogP contribution in [0.1, 0.15) is 24.0 Å². The topological polar surface area (TPSA) is 53.0 Å². The second-order valence-electron chi connectivity index (χ2n) is 5.37. The molecule has 0 bridgehead atoms. The maximum atomic E-state index is 9.33. The van der Waals surface area contributed by atoms with Crippen LogP contribution >= 0.6 is 11.6 Å². The number of nitrogen functional groups attached to an aromatic ring is 1. The molecule has 21 heavy (non-hydrogen) atoms. The molecule has 0 saturated heterocycles. The highest BCUT2D eigenvalue weighted by molar-refractivity contribution is 6.30. The van der Waals surface area contributed by atoms with Gasteiger partial charge in [-0.15, -0.1) is 0 Å². The average Bonchev–Trinajstić information content (AvgIpc) is 3.31. The van der Waals surface area contributed by atoms with Crippen molar-refractivity contribution in [2.45, 2.75) is 25.4 Å². The Morgan fingerprint density at radius 3 is 2.52 bits per heavy atom. The third-order valence-corrected chi connectivity index (χ3v) is 3.95. The highest BCUT2D eigenvalue weighted by Crippen LogP contribution is 2.36. The van der Waals surface area contributed by atoms with Gasteiger partial charge in [0.05, 0.1) is 11.3 Å². The Morgan fingerprint density at radius 1 is 1.19 bits per heavy atom. The molecule has 0 radical (unpaired) electrons. The quantitative estimate of drug-likeness (QED) is 0.869. The Balaban J connectivity index is 1.93. The molecule has 1 fully saturated rings. The lowest BCUT2D eigenvalue weighted by atomic mass is 10.1. The summed E-state index contributed by atoms with van der Waals surface area (Å²) in [6.07, 6.45) is 2.32. The maximum absolute atomic E-state index is 9.33. The molecule has 1 aliphatic rings. The van der Waals surface area contributed by atoms with E-state index in [1.165, 1.54) is 5.56 Å². The van der Waals surface area contributed by atoms with E-state index in [0.29, 0.717) is 16.6 Å². The van der Waals surface area contributed by atoms with E-state index in [-0.39, 0.29) is 0 Å². The molecule has 2 aromatic carbocycles. The standard InChI is InChI=1S/C17H16ClN3/c18-14-4-3-13(10-19)17(9-14)21(16-7-8-16)11-12-1-5-15(20)6-2-12/h1-6,9,16H,7-8,11,20H2. The van der Waals surface area contributed by atoms with Crippen LogP contribution in [0.5, 0.6) is 0 Å². The van der Waals surface area contributed by atoms with Crippen LogP contribution < -0.4 is 10.6 Å². The van der Waals surface area contributed by atoms with Crippen LogP contribution in [-0.4, -0.2) is 6.04 Å². The molecule has 0 amide bonds. The molecule has 1 aliphatic carbocycles. The van der Waals surface area contributed by atoms with Gasteiger partial charge in [-0.25, -0.2) is 0 Å². The van der Waals surface area contributed by atoms with Crippen molar-refractivity contribution in [1.29, 1.82) is 5.26 Å². The molecule has 2 aromatic rings. The summed E-state index contributed by atoms with van der Waals surface area (Å²) in [6.45, 7) is 0.764. The van der Waals surface area contributed by atoms with Gasteiger partial charge in [0.25, 0.3) is 0 Å². The van der Waals surface area contributed by atoms with E-state index in [2.05, 4.69) is 11.0 Å². The van der Waals surface area contributed by atoms with Gasteiger partial charge in [-0.1, -0.05) is 23.7 Å². The number of nitriles is 1. The van der Waals surface area contributed by atoms with Gasteiger partial charge in [0.1, 0.15) is 6.07 Å². The van der Waals surface area contributed by atoms with Gasteiger partial charge in [-0.2, -0.15) is 5.26 Å². The molecule has 0 aliphatic heterocycles. The summed E-state index contributed by atoms with van der Waals surface area (Å²) in [5, 5.41) is 9.99. The molecule has 0 heterocycles. The first-order chi connectivity index (χ1) is 10.2. The summed E-state index contributed by atoms with van der Waals surface area (Å²) >= 11 is 6.11. The van der Waals surface area contributed by atoms with Crippen molar-refractivity contribution >= 4 is 23.0 Å². The number of hydrogen-bond acceptors (Lipinski definition) is 3. The van der Waals surface area contributed by atoms with Crippen molar-refractivity contribution in [3.05, 3.63) is 58.6 Å². The second kappa shape index (κ2) is 5.67. The monoisotopic (exact) mass is 297 g/mol. The van der Waals surface area contributed by atoms with Crippen LogP contribution in [0.15, 0.2) is 42.5 Å². The molecule has 0 unspecified atom stereocenters. The third-order valence-electron chi connectivity index (χ3n) is 3.71. The number of nitrogens with zero attached hydrogens (tertiary/aromatic N) is 2. The van der Waals surface area contributed by atoms with E-state index in [1.807, 2.05) is 30.3 Å². The molecular formula is C17H16ClN3. The van der Waals surface area contributed by atoms with Crippen LogP contribution in [0.25, 0.3) is 0 Å². The van der Waals surface area contributed by atoms with Crippen LogP contribution in [0.2, 0.25) is 5.02 Å². The van der Waals surface area contributed by atoms with Gasteiger partial charge in [-0.05, 0) is 48.7 Å². The normalized spacial score (nSPS) is 13.7. The third kappa shape index (κ3) is 3.12. The van der Waals surface area contributed by atoms with Gasteiger partial charge in [-0.3, -0.25) is 0 Å². The lowest BCUT2D eigenvalue weighted by Gasteiger charge is -2.26. The Kier molecular flexibility index (Phi) is 3.72. The summed E-state index contributed by atoms with van der Waals surface area (Å²) in [7, 11) is 0. The van der Waals surface area contributed by atoms with Gasteiger partial charge in [0, 0.05) is 23.3 Å². The molecular weight excluding hydrogens is 282 g/mol. The van der Waals surface area contributed by atoms with Crippen molar-refractivity contribution in [3.63, 3.8) is 0 Å². The Bertz CT molecular complexity index is 684. The predicted molar refractivity (Wildman–Crippen MR) is 86.2 cm³/mol. The zero-order valence-electron chi connectivity index (χ0n) is 11.6. The van der Waals surface area contributed by atoms with Crippen molar-refractivity contribution < 1.29 is 0 Å². The lowest BCUT2D eigenvalue weighted by molar-refractivity contribution is 0.793. The molecule has 4 heteroatoms. The van der Waals surface area contributed by atoms with Crippen molar-refractivity contribution in [2.24, 2.45) is 0 Å². The summed E-state index contributed by atoms with van der Waals surface area (Å²) in [6, 6.07) is 16.1. The van der Waals surface area contributed by atoms with E-state index < -0.39 is 0 Å². The SMILES string of the molecule is N#Cc1ccc(Cl)cc1N(Cc1ccc(N)cc1)C1CC1. The Morgan fingerprint density at radius 2 is 1.90 bits per heavy atom. The summed E-state index contributed by atoms with van der Waals surface area (Å²) in [5.41, 5.74) is 9.26. The maximum Gasteiger partial charge on any atom is 0.101 e. The number of benzene rings is 2. The predicted octanol–water partition coefficient (Wildman–Crippen LogP) is 3.96. The molecule has 3 nitrogen and oxygen atoms in total. The Labute approximate surface area is 129 Å². The van der Waals surface area contributed by atoms with Crippen molar-refractivity contribution in [1.82, 2.24) is 0 Å². The second-order valence-corrected chi connectivity index (χ2v) is 5.81. The molecule has 106 valence electrons. The van der Waals surface area contributed by atoms with E-state index in [1.54, 1.807) is 12.1 Å². The number of nitrogens with two attached hydrogens (primary N) is 1. The van der Waals surface area contributed by atoms with Gasteiger partial charge in [0.15, 0.2) is 0 Å². The van der Waals surface area contributed by atoms with E-state index in [9.17, 15) is 5.26 Å². The fourth-order valence-corrected chi connectivity index (χ4v) is 2.62. The lowest BCUT2D eigenvalue weighted by Crippen LogP contribution is -2.25. The fraction of sp³-hybridized carbons (Fsp3) is 0.235. The first kappa shape index (κ1) is 13.8. The number of hydrogen-bond donors (Lipinski definition) is 1. The van der Waals surface area contributed by atoms with Crippen molar-refractivity contribution in [2.75, 3.05) is 10.6 Å². The van der Waals surface area contributed by atoms with Crippen LogP contribution in [-0.2, 0) is 6.54 Å². The van der Waals surface area contributed by atoms with E-state index >= 15 is 0 Å². The molecule has 0 spiro atoms. The number of rotatable bonds is 4. The zero-order chi connectivity index (χ0) is 14.8. The van der Waals surface area contributed by atoms with Crippen molar-refractivity contribution in [3.8, 4) is 6.07 Å². The number of anilines is 2. The first-order valence-electron chi connectivity index (χ1n) is 6.98. The average molecular weight is 298 g/mol. The molecule has 0 aromatic heterocycles. The highest BCUT2D eigenvalue weighted by Gasteiger charge is 2.30. The molecule has 3 rings (SSSR count). The van der Waals surface area contributed by atoms with Gasteiger partial charge in [0.2, 0.25) is 0 Å². The van der Waals surface area contributed by atoms with Gasteiger partial charge >= 0.3 is 0 Å². The summed E-state index contributed by atoms with van der Waals surface area (Å²) in [5.74, 6) is 0. The van der Waals surface area contributed by atoms with E-state index in [4.69, 9.17) is 17.3 Å². The smallest absolute Gasteiger partial charge is 0.101 e. The van der Waals surface area contributed by atoms with E-state index in [0.717, 1.165) is 30.8 Å². The van der Waals surface area contributed by atoms with Crippen LogP contribution in [0.4, 0.5) is 11.4 Å². The van der Waals surface area contributed by atoms with Crippen LogP contribution in [0.3, 0.4) is 0 Å². The largest absolute Gasteiger partial charge is 0.399 e. The fourth-order valence-electron chi connectivity index (χ4n) is 2.45. The summed E-state index contributed by atoms with van der Waals surface area (Å²) < 4.78 is 0. The minimum Gasteiger partial charge on any atom is -0.399 e. The summed E-state index contributed by atoms with van der Waals surface area (Å²) in [4.78, 5) is 2.27. The van der Waals surface area contributed by atoms with Gasteiger partial charge < -0.3 is 10.6 Å². The molecule has 1 saturated carbocycles. The molecule has 0 atom stereocenters. The number of halogens is 1. The molecule has 2 N–H and O–H groups in total. The minimum atomic E-state index is 0.494. The minimum absolute atomic E-state index is 0.494. The Hall–Kier alpha value is -2.18.